The highest BCUT2D eigenvalue weighted by Crippen LogP contribution is 2.37. The molecule has 0 aliphatic rings. The highest BCUT2D eigenvalue weighted by atomic mass is 32.2. The minimum atomic E-state index is -0.155. The molecule has 0 saturated carbocycles. The molecule has 0 saturated heterocycles. The Morgan fingerprint density at radius 3 is 2.68 bits per heavy atom. The maximum absolute atomic E-state index is 11.2. The number of nitrogens with one attached hydrogen (secondary N) is 2. The van der Waals surface area contributed by atoms with Crippen molar-refractivity contribution in [2.45, 2.75) is 49.6 Å². The van der Waals surface area contributed by atoms with Crippen LogP contribution in [0.2, 0.25) is 0 Å². The van der Waals surface area contributed by atoms with Crippen LogP contribution in [0.1, 0.15) is 51.6 Å². The maximum atomic E-state index is 11.2. The van der Waals surface area contributed by atoms with Gasteiger partial charge >= 0.3 is 0 Å². The molecule has 3 aromatic rings. The lowest BCUT2D eigenvalue weighted by Crippen LogP contribution is -2.13. The van der Waals surface area contributed by atoms with E-state index in [1.807, 2.05) is 52.0 Å². The molecular formula is C18H22N6O2S2. The molecule has 0 radical (unpaired) electrons. The minimum absolute atomic E-state index is 0.0347. The number of carbonyl (C=O) groups is 1. The normalized spacial score (nSPS) is 12.6. The van der Waals surface area contributed by atoms with Gasteiger partial charge in [0.2, 0.25) is 16.9 Å². The molecule has 8 nitrogen and oxygen atoms in total. The van der Waals surface area contributed by atoms with E-state index in [1.165, 1.54) is 30.0 Å². The van der Waals surface area contributed by atoms with Gasteiger partial charge in [0.25, 0.3) is 0 Å². The van der Waals surface area contributed by atoms with E-state index in [0.29, 0.717) is 16.8 Å². The molecule has 2 heterocycles. The van der Waals surface area contributed by atoms with E-state index in [1.54, 1.807) is 0 Å². The summed E-state index contributed by atoms with van der Waals surface area (Å²) in [6, 6.07) is 7.42. The highest BCUT2D eigenvalue weighted by Gasteiger charge is 2.24. The zero-order chi connectivity index (χ0) is 20.3. The van der Waals surface area contributed by atoms with Gasteiger partial charge in [0.1, 0.15) is 0 Å². The molecule has 1 atom stereocenters. The number of hydrogen-bond donors (Lipinski definition) is 2. The number of anilines is 3. The predicted octanol–water partition coefficient (Wildman–Crippen LogP) is 4.77. The first kappa shape index (κ1) is 20.3. The lowest BCUT2D eigenvalue weighted by molar-refractivity contribution is -0.114. The SMILES string of the molecule is CC(=O)Nc1cccc(Nc2nnc(S[C@@H](C)c3nc(C(C)(C)C)no3)s2)c1. The third-order valence-corrected chi connectivity index (χ3v) is 5.59. The van der Waals surface area contributed by atoms with Crippen molar-refractivity contribution in [3.63, 3.8) is 0 Å². The smallest absolute Gasteiger partial charge is 0.239 e. The number of amides is 1. The molecule has 0 fully saturated rings. The van der Waals surface area contributed by atoms with Crippen molar-refractivity contribution in [1.82, 2.24) is 20.3 Å². The standard InChI is InChI=1S/C18H22N6O2S2/c1-10(14-21-15(24-26-14)18(3,4)5)27-17-23-22-16(28-17)20-13-8-6-7-12(9-13)19-11(2)25/h6-10H,1-5H3,(H,19,25)(H,20,22)/t10-/m0/s1. The maximum Gasteiger partial charge on any atom is 0.239 e. The first-order chi connectivity index (χ1) is 13.2. The summed E-state index contributed by atoms with van der Waals surface area (Å²) in [5, 5.41) is 19.0. The second kappa shape index (κ2) is 8.27. The molecule has 0 spiro atoms. The molecule has 0 aliphatic carbocycles. The number of benzene rings is 1. The fourth-order valence-corrected chi connectivity index (χ4v) is 4.16. The fraction of sp³-hybridized carbons (Fsp3) is 0.389. The minimum Gasteiger partial charge on any atom is -0.338 e. The Bertz CT molecular complexity index is 963. The van der Waals surface area contributed by atoms with Gasteiger partial charge in [0, 0.05) is 23.7 Å². The summed E-state index contributed by atoms with van der Waals surface area (Å²) in [5.74, 6) is 1.15. The van der Waals surface area contributed by atoms with E-state index in [-0.39, 0.29) is 16.6 Å². The van der Waals surface area contributed by atoms with Crippen LogP contribution in [0.15, 0.2) is 33.1 Å². The van der Waals surface area contributed by atoms with E-state index in [9.17, 15) is 4.79 Å². The summed E-state index contributed by atoms with van der Waals surface area (Å²) in [6.45, 7) is 9.61. The van der Waals surface area contributed by atoms with E-state index >= 15 is 0 Å². The molecule has 1 aromatic carbocycles. The average Bonchev–Trinajstić information content (AvgIpc) is 3.24. The summed E-state index contributed by atoms with van der Waals surface area (Å²) in [7, 11) is 0. The molecule has 2 aromatic heterocycles. The second-order valence-electron chi connectivity index (χ2n) is 7.23. The van der Waals surface area contributed by atoms with Crippen molar-refractivity contribution in [2.75, 3.05) is 10.6 Å². The molecular weight excluding hydrogens is 396 g/mol. The van der Waals surface area contributed by atoms with Crippen molar-refractivity contribution < 1.29 is 9.32 Å². The van der Waals surface area contributed by atoms with Crippen molar-refractivity contribution in [2.24, 2.45) is 0 Å². The van der Waals surface area contributed by atoms with Crippen LogP contribution in [0.25, 0.3) is 0 Å². The number of hydrogen-bond acceptors (Lipinski definition) is 9. The summed E-state index contributed by atoms with van der Waals surface area (Å²) in [4.78, 5) is 15.7. The molecule has 0 bridgehead atoms. The van der Waals surface area contributed by atoms with Crippen LogP contribution in [0.4, 0.5) is 16.5 Å². The third-order valence-electron chi connectivity index (χ3n) is 3.58. The van der Waals surface area contributed by atoms with Crippen LogP contribution in [0.3, 0.4) is 0 Å². The molecule has 28 heavy (non-hydrogen) atoms. The summed E-state index contributed by atoms with van der Waals surface area (Å²) < 4.78 is 6.19. The highest BCUT2D eigenvalue weighted by molar-refractivity contribution is 8.01. The molecule has 10 heteroatoms. The van der Waals surface area contributed by atoms with Crippen molar-refractivity contribution in [1.29, 1.82) is 0 Å². The third kappa shape index (κ3) is 5.29. The Labute approximate surface area is 171 Å². The van der Waals surface area contributed by atoms with E-state index in [4.69, 9.17) is 4.52 Å². The Morgan fingerprint density at radius 1 is 1.25 bits per heavy atom. The number of aromatic nitrogens is 4. The van der Waals surface area contributed by atoms with Crippen LogP contribution >= 0.6 is 23.1 Å². The van der Waals surface area contributed by atoms with Crippen LogP contribution in [-0.2, 0) is 10.2 Å². The molecule has 148 valence electrons. The second-order valence-corrected chi connectivity index (χ2v) is 9.79. The van der Waals surface area contributed by atoms with E-state index in [2.05, 4.69) is 31.0 Å². The van der Waals surface area contributed by atoms with Crippen molar-refractivity contribution in [3.05, 3.63) is 36.0 Å². The predicted molar refractivity (Wildman–Crippen MR) is 111 cm³/mol. The van der Waals surface area contributed by atoms with Crippen LogP contribution in [-0.4, -0.2) is 26.2 Å². The van der Waals surface area contributed by atoms with Crippen LogP contribution in [0, 0.1) is 0 Å². The van der Waals surface area contributed by atoms with Gasteiger partial charge in [-0.2, -0.15) is 4.98 Å². The summed E-state index contributed by atoms with van der Waals surface area (Å²) in [5.41, 5.74) is 1.38. The van der Waals surface area contributed by atoms with Gasteiger partial charge < -0.3 is 15.2 Å². The van der Waals surface area contributed by atoms with Gasteiger partial charge in [-0.1, -0.05) is 55.1 Å². The zero-order valence-corrected chi connectivity index (χ0v) is 17.9. The first-order valence-electron chi connectivity index (χ1n) is 8.69. The largest absolute Gasteiger partial charge is 0.338 e. The summed E-state index contributed by atoms with van der Waals surface area (Å²) in [6.07, 6.45) is 0. The Hall–Kier alpha value is -2.46. The Kier molecular flexibility index (Phi) is 5.99. The van der Waals surface area contributed by atoms with Crippen LogP contribution in [0.5, 0.6) is 0 Å². The Morgan fingerprint density at radius 2 is 2.00 bits per heavy atom. The first-order valence-corrected chi connectivity index (χ1v) is 10.4. The monoisotopic (exact) mass is 418 g/mol. The molecule has 0 aliphatic heterocycles. The van der Waals surface area contributed by atoms with Gasteiger partial charge in [0.05, 0.1) is 5.25 Å². The van der Waals surface area contributed by atoms with Gasteiger partial charge in [-0.05, 0) is 25.1 Å². The van der Waals surface area contributed by atoms with Crippen molar-refractivity contribution in [3.8, 4) is 0 Å². The average molecular weight is 419 g/mol. The topological polar surface area (TPSA) is 106 Å². The van der Waals surface area contributed by atoms with Gasteiger partial charge in [-0.3, -0.25) is 4.79 Å². The zero-order valence-electron chi connectivity index (χ0n) is 16.3. The van der Waals surface area contributed by atoms with Gasteiger partial charge in [-0.25, -0.2) is 0 Å². The fourth-order valence-electron chi connectivity index (χ4n) is 2.22. The van der Waals surface area contributed by atoms with Crippen LogP contribution < -0.4 is 10.6 Å². The molecule has 0 unspecified atom stereocenters. The number of nitrogens with zero attached hydrogens (tertiary/aromatic N) is 4. The van der Waals surface area contributed by atoms with Crippen molar-refractivity contribution >= 4 is 45.5 Å². The number of carbonyl (C=O) groups excluding carboxylic acids is 1. The number of rotatable bonds is 6. The molecule has 3 rings (SSSR count). The van der Waals surface area contributed by atoms with E-state index < -0.39 is 0 Å². The lowest BCUT2D eigenvalue weighted by atomic mass is 9.96. The quantitative estimate of drug-likeness (QED) is 0.551. The van der Waals surface area contributed by atoms with E-state index in [0.717, 1.165) is 15.7 Å². The Balaban J connectivity index is 1.64. The molecule has 1 amide bonds. The molecule has 2 N–H and O–H groups in total. The summed E-state index contributed by atoms with van der Waals surface area (Å²) >= 11 is 2.95. The lowest BCUT2D eigenvalue weighted by Gasteiger charge is -2.11. The van der Waals surface area contributed by atoms with Gasteiger partial charge in [0.15, 0.2) is 10.2 Å². The number of thioether (sulfide) groups is 1. The van der Waals surface area contributed by atoms with Gasteiger partial charge in [-0.15, -0.1) is 10.2 Å².